The molecular formula is C14H24N2O2. The number of methoxy groups -OCH3 is 1. The van der Waals surface area contributed by atoms with Gasteiger partial charge >= 0.3 is 0 Å². The van der Waals surface area contributed by atoms with Crippen molar-refractivity contribution < 1.29 is 9.53 Å². The van der Waals surface area contributed by atoms with Crippen molar-refractivity contribution in [2.24, 2.45) is 18.4 Å². The van der Waals surface area contributed by atoms with E-state index < -0.39 is 0 Å². The first-order valence-corrected chi connectivity index (χ1v) is 6.34. The quantitative estimate of drug-likeness (QED) is 0.756. The summed E-state index contributed by atoms with van der Waals surface area (Å²) in [6.07, 6.45) is 3.15. The maximum absolute atomic E-state index is 12.3. The number of carbonyl (C=O) groups is 1. The molecule has 0 saturated heterocycles. The van der Waals surface area contributed by atoms with E-state index in [1.807, 2.05) is 0 Å². The van der Waals surface area contributed by atoms with Gasteiger partial charge in [-0.1, -0.05) is 27.7 Å². The second kappa shape index (κ2) is 5.55. The minimum absolute atomic E-state index is 0.101. The van der Waals surface area contributed by atoms with Gasteiger partial charge < -0.3 is 4.74 Å². The molecule has 0 aliphatic carbocycles. The second-order valence-electron chi connectivity index (χ2n) is 6.18. The first-order valence-electron chi connectivity index (χ1n) is 6.34. The topological polar surface area (TPSA) is 44.1 Å². The molecule has 0 radical (unpaired) electrons. The van der Waals surface area contributed by atoms with Crippen molar-refractivity contribution in [2.45, 2.75) is 40.5 Å². The van der Waals surface area contributed by atoms with Gasteiger partial charge in [0.1, 0.15) is 5.69 Å². The molecule has 0 aromatic carbocycles. The zero-order valence-electron chi connectivity index (χ0n) is 12.3. The van der Waals surface area contributed by atoms with Crippen molar-refractivity contribution in [3.8, 4) is 5.75 Å². The van der Waals surface area contributed by atoms with E-state index in [1.165, 1.54) is 0 Å². The van der Waals surface area contributed by atoms with Gasteiger partial charge in [-0.05, 0) is 17.8 Å². The molecule has 0 N–H and O–H groups in total. The Kier molecular flexibility index (Phi) is 4.54. The lowest BCUT2D eigenvalue weighted by Gasteiger charge is -2.22. The summed E-state index contributed by atoms with van der Waals surface area (Å²) in [6.45, 7) is 8.70. The van der Waals surface area contributed by atoms with Crippen molar-refractivity contribution in [2.75, 3.05) is 7.11 Å². The monoisotopic (exact) mass is 252 g/mol. The minimum Gasteiger partial charge on any atom is -0.493 e. The maximum Gasteiger partial charge on any atom is 0.184 e. The molecule has 1 unspecified atom stereocenters. The summed E-state index contributed by atoms with van der Waals surface area (Å²) >= 11 is 0. The molecule has 1 aromatic rings. The van der Waals surface area contributed by atoms with Crippen LogP contribution in [0.2, 0.25) is 0 Å². The molecule has 1 aromatic heterocycles. The van der Waals surface area contributed by atoms with Gasteiger partial charge in [-0.15, -0.1) is 0 Å². The lowest BCUT2D eigenvalue weighted by Crippen LogP contribution is -2.16. The van der Waals surface area contributed by atoms with Gasteiger partial charge in [-0.25, -0.2) is 0 Å². The van der Waals surface area contributed by atoms with Crippen LogP contribution in [0.3, 0.4) is 0 Å². The number of ketones is 1. The number of hydrogen-bond acceptors (Lipinski definition) is 3. The normalized spacial score (nSPS) is 13.4. The van der Waals surface area contributed by atoms with Crippen molar-refractivity contribution in [3.05, 3.63) is 11.9 Å². The summed E-state index contributed by atoms with van der Waals surface area (Å²) in [5.41, 5.74) is 0.814. The molecule has 4 heteroatoms. The third-order valence-corrected chi connectivity index (χ3v) is 2.88. The van der Waals surface area contributed by atoms with E-state index in [4.69, 9.17) is 4.74 Å². The first kappa shape index (κ1) is 14.7. The predicted octanol–water partition coefficient (Wildman–Crippen LogP) is 3.07. The van der Waals surface area contributed by atoms with E-state index in [-0.39, 0.29) is 11.2 Å². The Hall–Kier alpha value is -1.32. The summed E-state index contributed by atoms with van der Waals surface area (Å²) in [5.74, 6) is 1.02. The number of rotatable bonds is 5. The number of nitrogens with zero attached hydrogens (tertiary/aromatic N) is 2. The van der Waals surface area contributed by atoms with Gasteiger partial charge in [0.15, 0.2) is 11.5 Å². The van der Waals surface area contributed by atoms with E-state index in [2.05, 4.69) is 32.8 Å². The Morgan fingerprint density at radius 1 is 1.50 bits per heavy atom. The van der Waals surface area contributed by atoms with Crippen LogP contribution in [-0.2, 0) is 7.05 Å². The molecule has 1 rings (SSSR count). The van der Waals surface area contributed by atoms with Crippen LogP contribution < -0.4 is 4.74 Å². The van der Waals surface area contributed by atoms with Crippen LogP contribution in [0.4, 0.5) is 0 Å². The molecule has 18 heavy (non-hydrogen) atoms. The summed E-state index contributed by atoms with van der Waals surface area (Å²) in [5, 5.41) is 4.06. The highest BCUT2D eigenvalue weighted by Gasteiger charge is 2.22. The van der Waals surface area contributed by atoms with E-state index in [0.717, 1.165) is 6.42 Å². The summed E-state index contributed by atoms with van der Waals surface area (Å²) in [4.78, 5) is 12.3. The van der Waals surface area contributed by atoms with Crippen molar-refractivity contribution >= 4 is 5.78 Å². The van der Waals surface area contributed by atoms with Crippen LogP contribution in [-0.4, -0.2) is 22.7 Å². The number of Topliss-reactive ketones (excluding diaryl/α,β-unsaturated/α-hetero) is 1. The molecule has 1 heterocycles. The van der Waals surface area contributed by atoms with Crippen LogP contribution >= 0.6 is 0 Å². The fourth-order valence-corrected chi connectivity index (χ4v) is 2.42. The number of ether oxygens (including phenoxy) is 1. The third kappa shape index (κ3) is 3.86. The number of aromatic nitrogens is 2. The Morgan fingerprint density at radius 3 is 2.61 bits per heavy atom. The standard InChI is InChI=1S/C14H24N2O2/c1-10(8-14(2,3)4)7-11(17)13-12(18-6)9-15-16(13)5/h9-10H,7-8H2,1-6H3. The van der Waals surface area contributed by atoms with Gasteiger partial charge in [0, 0.05) is 13.5 Å². The number of aryl methyl sites for hydroxylation is 1. The van der Waals surface area contributed by atoms with E-state index >= 15 is 0 Å². The lowest BCUT2D eigenvalue weighted by molar-refractivity contribution is 0.0942. The molecule has 0 spiro atoms. The molecule has 0 amide bonds. The van der Waals surface area contributed by atoms with Gasteiger partial charge in [0.2, 0.25) is 0 Å². The number of carbonyl (C=O) groups excluding carboxylic acids is 1. The molecular weight excluding hydrogens is 228 g/mol. The Bertz CT molecular complexity index is 416. The molecule has 0 aliphatic rings. The van der Waals surface area contributed by atoms with Crippen LogP contribution in [0, 0.1) is 11.3 Å². The van der Waals surface area contributed by atoms with E-state index in [9.17, 15) is 4.79 Å². The molecule has 0 saturated carbocycles. The molecule has 0 aliphatic heterocycles. The average molecular weight is 252 g/mol. The zero-order chi connectivity index (χ0) is 13.9. The average Bonchev–Trinajstić information content (AvgIpc) is 2.56. The molecule has 0 fully saturated rings. The smallest absolute Gasteiger partial charge is 0.184 e. The summed E-state index contributed by atoms with van der Waals surface area (Å²) in [6, 6.07) is 0. The molecule has 102 valence electrons. The van der Waals surface area contributed by atoms with Gasteiger partial charge in [-0.3, -0.25) is 9.48 Å². The largest absolute Gasteiger partial charge is 0.493 e. The van der Waals surface area contributed by atoms with E-state index in [0.29, 0.717) is 23.8 Å². The maximum atomic E-state index is 12.3. The fourth-order valence-electron chi connectivity index (χ4n) is 2.42. The molecule has 1 atom stereocenters. The Balaban J connectivity index is 2.73. The zero-order valence-corrected chi connectivity index (χ0v) is 12.3. The molecule has 0 bridgehead atoms. The van der Waals surface area contributed by atoms with Crippen molar-refractivity contribution in [1.29, 1.82) is 0 Å². The first-order chi connectivity index (χ1) is 8.24. The van der Waals surface area contributed by atoms with Crippen LogP contribution in [0.5, 0.6) is 5.75 Å². The highest BCUT2D eigenvalue weighted by molar-refractivity contribution is 5.97. The predicted molar refractivity (Wildman–Crippen MR) is 71.9 cm³/mol. The lowest BCUT2D eigenvalue weighted by atomic mass is 9.83. The third-order valence-electron chi connectivity index (χ3n) is 2.88. The minimum atomic E-state index is 0.101. The van der Waals surface area contributed by atoms with Gasteiger partial charge in [-0.2, -0.15) is 5.10 Å². The van der Waals surface area contributed by atoms with E-state index in [1.54, 1.807) is 25.0 Å². The second-order valence-corrected chi connectivity index (χ2v) is 6.18. The van der Waals surface area contributed by atoms with Crippen LogP contribution in [0.1, 0.15) is 51.0 Å². The fraction of sp³-hybridized carbons (Fsp3) is 0.714. The highest BCUT2D eigenvalue weighted by Crippen LogP contribution is 2.28. The van der Waals surface area contributed by atoms with Crippen molar-refractivity contribution in [1.82, 2.24) is 9.78 Å². The van der Waals surface area contributed by atoms with Crippen molar-refractivity contribution in [3.63, 3.8) is 0 Å². The molecule has 4 nitrogen and oxygen atoms in total. The Morgan fingerprint density at radius 2 is 2.11 bits per heavy atom. The van der Waals surface area contributed by atoms with Crippen LogP contribution in [0.15, 0.2) is 6.20 Å². The SMILES string of the molecule is COc1cnn(C)c1C(=O)CC(C)CC(C)(C)C. The van der Waals surface area contributed by atoms with Gasteiger partial charge in [0.05, 0.1) is 13.3 Å². The van der Waals surface area contributed by atoms with Crippen LogP contribution in [0.25, 0.3) is 0 Å². The highest BCUT2D eigenvalue weighted by atomic mass is 16.5. The summed E-state index contributed by atoms with van der Waals surface area (Å²) in [7, 11) is 3.33. The van der Waals surface area contributed by atoms with Gasteiger partial charge in [0.25, 0.3) is 0 Å². The number of hydrogen-bond donors (Lipinski definition) is 0. The Labute approximate surface area is 109 Å². The summed E-state index contributed by atoms with van der Waals surface area (Å²) < 4.78 is 6.75.